The minimum absolute atomic E-state index is 0.196. The van der Waals surface area contributed by atoms with Crippen LogP contribution in [0.4, 0.5) is 0 Å². The van der Waals surface area contributed by atoms with Crippen LogP contribution in [0.2, 0.25) is 0 Å². The van der Waals surface area contributed by atoms with Gasteiger partial charge in [0.2, 0.25) is 5.91 Å². The Balaban J connectivity index is 2.31. The zero-order valence-corrected chi connectivity index (χ0v) is 13.8. The molecule has 0 aliphatic rings. The van der Waals surface area contributed by atoms with Crippen LogP contribution in [0, 0.1) is 13.8 Å². The van der Waals surface area contributed by atoms with Crippen molar-refractivity contribution in [3.63, 3.8) is 0 Å². The fourth-order valence-corrected chi connectivity index (χ4v) is 2.66. The summed E-state index contributed by atoms with van der Waals surface area (Å²) in [4.78, 5) is 22.9. The SMILES string of the molecule is CCOC(=O)CCc1ccc(C)n1-c1ccc(C(N)=O)cc1C. The van der Waals surface area contributed by atoms with Gasteiger partial charge in [0, 0.05) is 22.6 Å². The Hall–Kier alpha value is -2.56. The molecular weight excluding hydrogens is 292 g/mol. The molecule has 0 aliphatic carbocycles. The third kappa shape index (κ3) is 3.80. The van der Waals surface area contributed by atoms with Gasteiger partial charge >= 0.3 is 5.97 Å². The quantitative estimate of drug-likeness (QED) is 0.833. The molecule has 1 aromatic carbocycles. The van der Waals surface area contributed by atoms with Gasteiger partial charge in [-0.25, -0.2) is 0 Å². The van der Waals surface area contributed by atoms with E-state index in [2.05, 4.69) is 4.57 Å². The van der Waals surface area contributed by atoms with Crippen molar-refractivity contribution in [2.45, 2.75) is 33.6 Å². The summed E-state index contributed by atoms with van der Waals surface area (Å²) in [6.07, 6.45) is 0.944. The van der Waals surface area contributed by atoms with Gasteiger partial charge < -0.3 is 15.0 Å². The molecule has 0 radical (unpaired) electrons. The van der Waals surface area contributed by atoms with Crippen molar-refractivity contribution in [3.8, 4) is 5.69 Å². The highest BCUT2D eigenvalue weighted by Gasteiger charge is 2.13. The molecule has 2 aromatic rings. The van der Waals surface area contributed by atoms with Gasteiger partial charge in [0.05, 0.1) is 13.0 Å². The zero-order chi connectivity index (χ0) is 17.0. The second kappa shape index (κ2) is 7.13. The number of aromatic nitrogens is 1. The van der Waals surface area contributed by atoms with Crippen molar-refractivity contribution >= 4 is 11.9 Å². The number of hydrogen-bond donors (Lipinski definition) is 1. The van der Waals surface area contributed by atoms with Crippen LogP contribution in [0.5, 0.6) is 0 Å². The first kappa shape index (κ1) is 16.8. The minimum Gasteiger partial charge on any atom is -0.466 e. The van der Waals surface area contributed by atoms with E-state index >= 15 is 0 Å². The van der Waals surface area contributed by atoms with Crippen molar-refractivity contribution in [2.24, 2.45) is 5.73 Å². The zero-order valence-electron chi connectivity index (χ0n) is 13.8. The smallest absolute Gasteiger partial charge is 0.306 e. The van der Waals surface area contributed by atoms with E-state index in [1.165, 1.54) is 0 Å². The summed E-state index contributed by atoms with van der Waals surface area (Å²) in [6, 6.07) is 9.42. The van der Waals surface area contributed by atoms with Crippen LogP contribution in [-0.4, -0.2) is 23.1 Å². The Labute approximate surface area is 136 Å². The third-order valence-corrected chi connectivity index (χ3v) is 3.77. The van der Waals surface area contributed by atoms with Gasteiger partial charge in [-0.05, 0) is 63.1 Å². The lowest BCUT2D eigenvalue weighted by molar-refractivity contribution is -0.143. The van der Waals surface area contributed by atoms with E-state index in [0.29, 0.717) is 25.0 Å². The summed E-state index contributed by atoms with van der Waals surface area (Å²) in [6.45, 7) is 6.15. The summed E-state index contributed by atoms with van der Waals surface area (Å²) in [5.41, 5.74) is 9.85. The number of carbonyl (C=O) groups excluding carboxylic acids is 2. The number of nitrogens with zero attached hydrogens (tertiary/aromatic N) is 1. The number of primary amides is 1. The maximum absolute atomic E-state index is 11.6. The van der Waals surface area contributed by atoms with Gasteiger partial charge in [-0.1, -0.05) is 0 Å². The van der Waals surface area contributed by atoms with E-state index in [4.69, 9.17) is 10.5 Å². The van der Waals surface area contributed by atoms with Crippen LogP contribution in [0.1, 0.15) is 40.7 Å². The van der Waals surface area contributed by atoms with Crippen molar-refractivity contribution in [1.82, 2.24) is 4.57 Å². The topological polar surface area (TPSA) is 74.3 Å². The molecule has 23 heavy (non-hydrogen) atoms. The second-order valence-electron chi connectivity index (χ2n) is 5.47. The monoisotopic (exact) mass is 314 g/mol. The number of esters is 1. The number of hydrogen-bond acceptors (Lipinski definition) is 3. The molecular formula is C18H22N2O3. The molecule has 0 saturated heterocycles. The van der Waals surface area contributed by atoms with Gasteiger partial charge in [-0.15, -0.1) is 0 Å². The van der Waals surface area contributed by atoms with Crippen LogP contribution in [0.25, 0.3) is 5.69 Å². The average molecular weight is 314 g/mol. The molecule has 0 unspecified atom stereocenters. The van der Waals surface area contributed by atoms with Crippen molar-refractivity contribution in [1.29, 1.82) is 0 Å². The Kier molecular flexibility index (Phi) is 5.21. The Morgan fingerprint density at radius 2 is 1.91 bits per heavy atom. The average Bonchev–Trinajstić information content (AvgIpc) is 2.86. The van der Waals surface area contributed by atoms with E-state index in [-0.39, 0.29) is 5.97 Å². The van der Waals surface area contributed by atoms with Gasteiger partial charge in [0.1, 0.15) is 0 Å². The summed E-state index contributed by atoms with van der Waals surface area (Å²) in [5, 5.41) is 0. The summed E-state index contributed by atoms with van der Waals surface area (Å²) >= 11 is 0. The van der Waals surface area contributed by atoms with Crippen LogP contribution in [-0.2, 0) is 16.0 Å². The highest BCUT2D eigenvalue weighted by atomic mass is 16.5. The Bertz CT molecular complexity index is 732. The molecule has 2 N–H and O–H groups in total. The summed E-state index contributed by atoms with van der Waals surface area (Å²) < 4.78 is 7.08. The van der Waals surface area contributed by atoms with Crippen molar-refractivity contribution in [2.75, 3.05) is 6.61 Å². The number of amides is 1. The molecule has 0 bridgehead atoms. The van der Waals surface area contributed by atoms with E-state index in [1.54, 1.807) is 19.1 Å². The predicted molar refractivity (Wildman–Crippen MR) is 88.7 cm³/mol. The van der Waals surface area contributed by atoms with Gasteiger partial charge in [-0.2, -0.15) is 0 Å². The number of carbonyl (C=O) groups is 2. The van der Waals surface area contributed by atoms with E-state index < -0.39 is 5.91 Å². The van der Waals surface area contributed by atoms with Gasteiger partial charge in [0.15, 0.2) is 0 Å². The number of aryl methyl sites for hydroxylation is 3. The molecule has 5 nitrogen and oxygen atoms in total. The molecule has 1 heterocycles. The van der Waals surface area contributed by atoms with Crippen molar-refractivity contribution in [3.05, 3.63) is 52.8 Å². The van der Waals surface area contributed by atoms with Crippen molar-refractivity contribution < 1.29 is 14.3 Å². The highest BCUT2D eigenvalue weighted by Crippen LogP contribution is 2.22. The molecule has 1 aromatic heterocycles. The van der Waals surface area contributed by atoms with E-state index in [9.17, 15) is 9.59 Å². The summed E-state index contributed by atoms with van der Waals surface area (Å²) in [7, 11) is 0. The number of benzene rings is 1. The second-order valence-corrected chi connectivity index (χ2v) is 5.47. The van der Waals surface area contributed by atoms with Crippen LogP contribution in [0.15, 0.2) is 30.3 Å². The van der Waals surface area contributed by atoms with E-state index in [0.717, 1.165) is 22.6 Å². The Morgan fingerprint density at radius 1 is 1.17 bits per heavy atom. The number of ether oxygens (including phenoxy) is 1. The Morgan fingerprint density at radius 3 is 2.52 bits per heavy atom. The van der Waals surface area contributed by atoms with Crippen LogP contribution < -0.4 is 5.73 Å². The predicted octanol–water partition coefficient (Wildman–Crippen LogP) is 2.69. The van der Waals surface area contributed by atoms with Gasteiger partial charge in [-0.3, -0.25) is 9.59 Å². The molecule has 5 heteroatoms. The molecule has 0 fully saturated rings. The highest BCUT2D eigenvalue weighted by molar-refractivity contribution is 5.93. The normalized spacial score (nSPS) is 10.6. The van der Waals surface area contributed by atoms with Crippen LogP contribution in [0.3, 0.4) is 0 Å². The third-order valence-electron chi connectivity index (χ3n) is 3.77. The molecule has 0 spiro atoms. The number of nitrogens with two attached hydrogens (primary N) is 1. The first-order valence-electron chi connectivity index (χ1n) is 7.67. The molecule has 2 rings (SSSR count). The molecule has 122 valence electrons. The lowest BCUT2D eigenvalue weighted by Gasteiger charge is -2.15. The summed E-state index contributed by atoms with van der Waals surface area (Å²) in [5.74, 6) is -0.634. The first-order valence-corrected chi connectivity index (χ1v) is 7.67. The molecule has 0 aliphatic heterocycles. The van der Waals surface area contributed by atoms with Crippen LogP contribution >= 0.6 is 0 Å². The fraction of sp³-hybridized carbons (Fsp3) is 0.333. The largest absolute Gasteiger partial charge is 0.466 e. The molecule has 0 saturated carbocycles. The lowest BCUT2D eigenvalue weighted by atomic mass is 10.1. The standard InChI is InChI=1S/C18H22N2O3/c1-4-23-17(21)10-8-15-7-5-13(3)20(15)16-9-6-14(18(19)22)11-12(16)2/h5-7,9,11H,4,8,10H2,1-3H3,(H2,19,22). The number of rotatable bonds is 6. The maximum Gasteiger partial charge on any atom is 0.306 e. The maximum atomic E-state index is 11.6. The molecule has 0 atom stereocenters. The molecule has 1 amide bonds. The first-order chi connectivity index (χ1) is 10.9. The minimum atomic E-state index is -0.439. The van der Waals surface area contributed by atoms with E-state index in [1.807, 2.05) is 32.0 Å². The fourth-order valence-electron chi connectivity index (χ4n) is 2.66. The lowest BCUT2D eigenvalue weighted by Crippen LogP contribution is -2.12. The van der Waals surface area contributed by atoms with Gasteiger partial charge in [0.25, 0.3) is 0 Å².